The van der Waals surface area contributed by atoms with Crippen LogP contribution in [0.25, 0.3) is 0 Å². The molecule has 0 amide bonds. The Labute approximate surface area is 102 Å². The molecule has 0 bridgehead atoms. The van der Waals surface area contributed by atoms with Gasteiger partial charge in [0.1, 0.15) is 0 Å². The third-order valence-electron chi connectivity index (χ3n) is 2.27. The first-order valence-electron chi connectivity index (χ1n) is 5.84. The van der Waals surface area contributed by atoms with Gasteiger partial charge in [-0.05, 0) is 26.0 Å². The minimum absolute atomic E-state index is 0.218. The minimum Gasteiger partial charge on any atom is -0.315 e. The Bertz CT molecular complexity index is 427. The molecule has 0 aromatic carbocycles. The van der Waals surface area contributed by atoms with Gasteiger partial charge < -0.3 is 5.32 Å². The average molecular weight is 260 g/mol. The second-order valence-electron chi connectivity index (χ2n) is 3.63. The molecular formula is C10H20N4O2S. The average Bonchev–Trinajstić information content (AvgIpc) is 2.77. The molecule has 0 aliphatic carbocycles. The van der Waals surface area contributed by atoms with E-state index in [9.17, 15) is 8.42 Å². The highest BCUT2D eigenvalue weighted by molar-refractivity contribution is 7.89. The highest BCUT2D eigenvalue weighted by Gasteiger charge is 2.17. The van der Waals surface area contributed by atoms with Crippen molar-refractivity contribution in [2.45, 2.75) is 31.8 Å². The van der Waals surface area contributed by atoms with E-state index in [0.717, 1.165) is 13.0 Å². The van der Waals surface area contributed by atoms with Crippen LogP contribution in [0, 0.1) is 0 Å². The molecule has 0 saturated carbocycles. The lowest BCUT2D eigenvalue weighted by Gasteiger charge is -2.08. The molecule has 17 heavy (non-hydrogen) atoms. The zero-order valence-electron chi connectivity index (χ0n) is 10.3. The molecule has 1 heterocycles. The summed E-state index contributed by atoms with van der Waals surface area (Å²) < 4.78 is 27.8. The lowest BCUT2D eigenvalue weighted by molar-refractivity contribution is 0.541. The van der Waals surface area contributed by atoms with Gasteiger partial charge in [0.15, 0.2) is 5.03 Å². The van der Waals surface area contributed by atoms with E-state index in [-0.39, 0.29) is 5.03 Å². The fourth-order valence-corrected chi connectivity index (χ4v) is 2.65. The van der Waals surface area contributed by atoms with Gasteiger partial charge in [-0.15, -0.1) is 0 Å². The number of rotatable bonds is 8. The van der Waals surface area contributed by atoms with Crippen molar-refractivity contribution in [2.24, 2.45) is 0 Å². The lowest BCUT2D eigenvalue weighted by atomic mass is 10.5. The molecular weight excluding hydrogens is 240 g/mol. The van der Waals surface area contributed by atoms with Gasteiger partial charge in [-0.2, -0.15) is 5.10 Å². The highest BCUT2D eigenvalue weighted by atomic mass is 32.2. The van der Waals surface area contributed by atoms with Crippen LogP contribution in [-0.4, -0.2) is 37.8 Å². The summed E-state index contributed by atoms with van der Waals surface area (Å²) in [6.07, 6.45) is 2.53. The maximum absolute atomic E-state index is 11.9. The third kappa shape index (κ3) is 4.10. The van der Waals surface area contributed by atoms with Gasteiger partial charge in [-0.3, -0.25) is 4.68 Å². The molecule has 0 radical (unpaired) electrons. The van der Waals surface area contributed by atoms with Gasteiger partial charge in [0, 0.05) is 19.6 Å². The van der Waals surface area contributed by atoms with Crippen molar-refractivity contribution >= 4 is 10.0 Å². The van der Waals surface area contributed by atoms with Crippen molar-refractivity contribution in [2.75, 3.05) is 19.6 Å². The topological polar surface area (TPSA) is 76.0 Å². The second-order valence-corrected chi connectivity index (χ2v) is 5.35. The summed E-state index contributed by atoms with van der Waals surface area (Å²) in [4.78, 5) is 0. The van der Waals surface area contributed by atoms with Crippen molar-refractivity contribution in [1.29, 1.82) is 0 Å². The van der Waals surface area contributed by atoms with Crippen molar-refractivity contribution in [3.8, 4) is 0 Å². The fourth-order valence-electron chi connectivity index (χ4n) is 1.44. The van der Waals surface area contributed by atoms with Crippen LogP contribution in [0.3, 0.4) is 0 Å². The van der Waals surface area contributed by atoms with Crippen LogP contribution in [0.15, 0.2) is 17.3 Å². The number of nitrogens with zero attached hydrogens (tertiary/aromatic N) is 2. The van der Waals surface area contributed by atoms with Gasteiger partial charge in [0.2, 0.25) is 0 Å². The fraction of sp³-hybridized carbons (Fsp3) is 0.700. The largest absolute Gasteiger partial charge is 0.315 e. The number of hydrogen-bond acceptors (Lipinski definition) is 4. The molecule has 98 valence electrons. The zero-order chi connectivity index (χ0) is 12.7. The summed E-state index contributed by atoms with van der Waals surface area (Å²) in [5, 5.41) is 7.29. The second kappa shape index (κ2) is 6.73. The normalized spacial score (nSPS) is 11.9. The molecule has 2 N–H and O–H groups in total. The van der Waals surface area contributed by atoms with Gasteiger partial charge in [-0.1, -0.05) is 6.92 Å². The standard InChI is InChI=1S/C10H20N4O2S/c1-3-6-11-8-9-13-17(15,16)10-5-7-12-14(10)4-2/h5,7,11,13H,3-4,6,8-9H2,1-2H3. The predicted octanol–water partition coefficient (Wildman–Crippen LogP) is 0.181. The first kappa shape index (κ1) is 14.1. The van der Waals surface area contributed by atoms with E-state index in [0.29, 0.717) is 19.6 Å². The van der Waals surface area contributed by atoms with E-state index in [1.165, 1.54) is 16.9 Å². The Kier molecular flexibility index (Phi) is 5.60. The van der Waals surface area contributed by atoms with Gasteiger partial charge in [-0.25, -0.2) is 13.1 Å². The Balaban J connectivity index is 2.51. The molecule has 6 nitrogen and oxygen atoms in total. The predicted molar refractivity (Wildman–Crippen MR) is 66.3 cm³/mol. The summed E-state index contributed by atoms with van der Waals surface area (Å²) in [6.45, 7) is 6.38. The van der Waals surface area contributed by atoms with Crippen LogP contribution in [0.2, 0.25) is 0 Å². The molecule has 0 aliphatic rings. The van der Waals surface area contributed by atoms with Crippen molar-refractivity contribution in [1.82, 2.24) is 19.8 Å². The smallest absolute Gasteiger partial charge is 0.257 e. The van der Waals surface area contributed by atoms with Gasteiger partial charge >= 0.3 is 0 Å². The summed E-state index contributed by atoms with van der Waals surface area (Å²) in [5.74, 6) is 0. The monoisotopic (exact) mass is 260 g/mol. The Hall–Kier alpha value is -0.920. The van der Waals surface area contributed by atoms with E-state index in [4.69, 9.17) is 0 Å². The maximum atomic E-state index is 11.9. The van der Waals surface area contributed by atoms with Crippen LogP contribution in [0.4, 0.5) is 0 Å². The Morgan fingerprint density at radius 2 is 2.06 bits per heavy atom. The molecule has 0 spiro atoms. The molecule has 1 rings (SSSR count). The van der Waals surface area contributed by atoms with Gasteiger partial charge in [0.05, 0.1) is 6.20 Å². The van der Waals surface area contributed by atoms with E-state index in [1.807, 2.05) is 6.92 Å². The number of nitrogens with one attached hydrogen (secondary N) is 2. The number of hydrogen-bond donors (Lipinski definition) is 2. The third-order valence-corrected chi connectivity index (χ3v) is 3.75. The Morgan fingerprint density at radius 1 is 1.29 bits per heavy atom. The number of aromatic nitrogens is 2. The summed E-state index contributed by atoms with van der Waals surface area (Å²) >= 11 is 0. The summed E-state index contributed by atoms with van der Waals surface area (Å²) in [6, 6.07) is 1.51. The maximum Gasteiger partial charge on any atom is 0.257 e. The molecule has 1 aromatic heterocycles. The van der Waals surface area contributed by atoms with Crippen molar-refractivity contribution in [3.05, 3.63) is 12.3 Å². The van der Waals surface area contributed by atoms with E-state index >= 15 is 0 Å². The van der Waals surface area contributed by atoms with E-state index in [2.05, 4.69) is 22.1 Å². The first-order valence-corrected chi connectivity index (χ1v) is 7.32. The minimum atomic E-state index is -3.44. The zero-order valence-corrected chi connectivity index (χ0v) is 11.1. The van der Waals surface area contributed by atoms with E-state index in [1.54, 1.807) is 0 Å². The van der Waals surface area contributed by atoms with Crippen LogP contribution < -0.4 is 10.0 Å². The van der Waals surface area contributed by atoms with Crippen LogP contribution in [0.5, 0.6) is 0 Å². The molecule has 0 fully saturated rings. The molecule has 7 heteroatoms. The van der Waals surface area contributed by atoms with Crippen LogP contribution >= 0.6 is 0 Å². The lowest BCUT2D eigenvalue weighted by Crippen LogP contribution is -2.33. The number of aryl methyl sites for hydroxylation is 1. The molecule has 0 saturated heterocycles. The molecule has 0 aliphatic heterocycles. The number of sulfonamides is 1. The quantitative estimate of drug-likeness (QED) is 0.654. The highest BCUT2D eigenvalue weighted by Crippen LogP contribution is 2.06. The SMILES string of the molecule is CCCNCCNS(=O)(=O)c1ccnn1CC. The Morgan fingerprint density at radius 3 is 2.71 bits per heavy atom. The van der Waals surface area contributed by atoms with Crippen LogP contribution in [0.1, 0.15) is 20.3 Å². The van der Waals surface area contributed by atoms with Crippen molar-refractivity contribution < 1.29 is 8.42 Å². The van der Waals surface area contributed by atoms with Gasteiger partial charge in [0.25, 0.3) is 10.0 Å². The first-order chi connectivity index (χ1) is 8.11. The molecule has 0 unspecified atom stereocenters. The molecule has 1 aromatic rings. The van der Waals surface area contributed by atoms with Crippen molar-refractivity contribution in [3.63, 3.8) is 0 Å². The van der Waals surface area contributed by atoms with Crippen LogP contribution in [-0.2, 0) is 16.6 Å². The summed E-state index contributed by atoms with van der Waals surface area (Å²) in [5.41, 5.74) is 0. The van der Waals surface area contributed by atoms with E-state index < -0.39 is 10.0 Å². The molecule has 0 atom stereocenters. The summed E-state index contributed by atoms with van der Waals surface area (Å²) in [7, 11) is -3.44.